The van der Waals surface area contributed by atoms with Crippen molar-refractivity contribution in [1.29, 1.82) is 0 Å². The van der Waals surface area contributed by atoms with Crippen LogP contribution in [0.4, 0.5) is 0 Å². The predicted octanol–water partition coefficient (Wildman–Crippen LogP) is 4.28. The van der Waals surface area contributed by atoms with Crippen LogP contribution < -0.4 is 4.74 Å². The molecule has 5 nitrogen and oxygen atoms in total. The lowest BCUT2D eigenvalue weighted by Gasteiger charge is -2.13. The summed E-state index contributed by atoms with van der Waals surface area (Å²) in [7, 11) is 1.67. The second-order valence-electron chi connectivity index (χ2n) is 5.68. The van der Waals surface area contributed by atoms with Gasteiger partial charge in [-0.05, 0) is 24.6 Å². The van der Waals surface area contributed by atoms with E-state index in [-0.39, 0.29) is 0 Å². The highest BCUT2D eigenvalue weighted by molar-refractivity contribution is 5.79. The normalized spacial score (nSPS) is 14.0. The topological polar surface area (TPSA) is 57.1 Å². The van der Waals surface area contributed by atoms with E-state index in [2.05, 4.69) is 15.0 Å². The Bertz CT molecular complexity index is 979. The fraction of sp³-hybridized carbons (Fsp3) is 0.150. The van der Waals surface area contributed by atoms with Gasteiger partial charge in [-0.1, -0.05) is 24.3 Å². The van der Waals surface area contributed by atoms with Crippen LogP contribution in [0.15, 0.2) is 72.3 Å². The first kappa shape index (κ1) is 15.3. The van der Waals surface area contributed by atoms with E-state index in [1.165, 1.54) is 0 Å². The van der Waals surface area contributed by atoms with Crippen LogP contribution >= 0.6 is 0 Å². The fourth-order valence-electron chi connectivity index (χ4n) is 2.69. The summed E-state index contributed by atoms with van der Waals surface area (Å²) in [6.45, 7) is 0. The number of ether oxygens (including phenoxy) is 2. The van der Waals surface area contributed by atoms with Gasteiger partial charge in [-0.3, -0.25) is 0 Å². The summed E-state index contributed by atoms with van der Waals surface area (Å²) >= 11 is 0. The molecule has 0 atom stereocenters. The van der Waals surface area contributed by atoms with Crippen LogP contribution in [0.25, 0.3) is 22.4 Å². The van der Waals surface area contributed by atoms with E-state index >= 15 is 0 Å². The van der Waals surface area contributed by atoms with Crippen LogP contribution in [0.3, 0.4) is 0 Å². The molecule has 0 spiro atoms. The van der Waals surface area contributed by atoms with Gasteiger partial charge in [0.05, 0.1) is 18.4 Å². The third-order valence-corrected chi connectivity index (χ3v) is 3.97. The summed E-state index contributed by atoms with van der Waals surface area (Å²) in [5, 5.41) is 1.00. The van der Waals surface area contributed by atoms with Crippen molar-refractivity contribution in [3.05, 3.63) is 72.3 Å². The molecule has 5 heteroatoms. The number of hydrogen-bond acceptors (Lipinski definition) is 5. The summed E-state index contributed by atoms with van der Waals surface area (Å²) in [5.74, 6) is 2.74. The van der Waals surface area contributed by atoms with Gasteiger partial charge in [-0.15, -0.1) is 0 Å². The molecule has 0 aliphatic heterocycles. The largest absolute Gasteiger partial charge is 0.501 e. The van der Waals surface area contributed by atoms with Crippen molar-refractivity contribution in [1.82, 2.24) is 15.0 Å². The van der Waals surface area contributed by atoms with Crippen molar-refractivity contribution in [2.75, 3.05) is 7.11 Å². The molecule has 1 aromatic carbocycles. The highest BCUT2D eigenvalue weighted by Gasteiger charge is 2.10. The Morgan fingerprint density at radius 1 is 1.00 bits per heavy atom. The van der Waals surface area contributed by atoms with Gasteiger partial charge in [-0.2, -0.15) is 0 Å². The minimum Gasteiger partial charge on any atom is -0.501 e. The fourth-order valence-corrected chi connectivity index (χ4v) is 2.69. The van der Waals surface area contributed by atoms with Crippen molar-refractivity contribution in [3.63, 3.8) is 0 Å². The molecule has 0 radical (unpaired) electrons. The molecule has 0 bridgehead atoms. The first-order chi connectivity index (χ1) is 12.3. The molecule has 0 unspecified atom stereocenters. The van der Waals surface area contributed by atoms with Crippen molar-refractivity contribution in [2.45, 2.75) is 12.8 Å². The minimum atomic E-state index is 0.508. The van der Waals surface area contributed by atoms with E-state index in [1.54, 1.807) is 7.11 Å². The number of allylic oxidation sites excluding steroid dienone is 3. The van der Waals surface area contributed by atoms with Gasteiger partial charge in [0, 0.05) is 30.1 Å². The molecular formula is C20H17N3O2. The minimum absolute atomic E-state index is 0.508. The van der Waals surface area contributed by atoms with Crippen LogP contribution in [-0.4, -0.2) is 22.1 Å². The Hall–Kier alpha value is -3.21. The van der Waals surface area contributed by atoms with Crippen LogP contribution in [0.5, 0.6) is 5.88 Å². The van der Waals surface area contributed by atoms with Crippen LogP contribution in [0, 0.1) is 0 Å². The van der Waals surface area contributed by atoms with Crippen LogP contribution in [0.1, 0.15) is 12.8 Å². The number of nitrogens with zero attached hydrogens (tertiary/aromatic N) is 3. The van der Waals surface area contributed by atoms with E-state index in [0.717, 1.165) is 35.3 Å². The zero-order valence-electron chi connectivity index (χ0n) is 13.8. The Balaban J connectivity index is 1.62. The van der Waals surface area contributed by atoms with Crippen molar-refractivity contribution < 1.29 is 9.47 Å². The average molecular weight is 331 g/mol. The maximum atomic E-state index is 5.88. The summed E-state index contributed by atoms with van der Waals surface area (Å²) in [4.78, 5) is 13.5. The molecule has 25 heavy (non-hydrogen) atoms. The van der Waals surface area contributed by atoms with Crippen LogP contribution in [0.2, 0.25) is 0 Å². The highest BCUT2D eigenvalue weighted by Crippen LogP contribution is 2.23. The first-order valence-electron chi connectivity index (χ1n) is 8.13. The molecule has 3 aromatic rings. The maximum absolute atomic E-state index is 5.88. The summed E-state index contributed by atoms with van der Waals surface area (Å²) in [6.07, 6.45) is 7.52. The van der Waals surface area contributed by atoms with Gasteiger partial charge >= 0.3 is 0 Å². The molecule has 2 heterocycles. The third kappa shape index (κ3) is 3.35. The lowest BCUT2D eigenvalue weighted by molar-refractivity contribution is 0.271. The molecule has 0 amide bonds. The van der Waals surface area contributed by atoms with Gasteiger partial charge in [0.2, 0.25) is 5.88 Å². The van der Waals surface area contributed by atoms with Gasteiger partial charge in [0.25, 0.3) is 0 Å². The number of hydrogen-bond donors (Lipinski definition) is 0. The molecular weight excluding hydrogens is 314 g/mol. The second-order valence-corrected chi connectivity index (χ2v) is 5.68. The smallest absolute Gasteiger partial charge is 0.219 e. The van der Waals surface area contributed by atoms with Crippen molar-refractivity contribution >= 4 is 10.9 Å². The van der Waals surface area contributed by atoms with Gasteiger partial charge in [0.1, 0.15) is 11.5 Å². The molecule has 1 aliphatic rings. The van der Waals surface area contributed by atoms with Gasteiger partial charge in [-0.25, -0.2) is 15.0 Å². The van der Waals surface area contributed by atoms with Crippen molar-refractivity contribution in [3.8, 4) is 17.4 Å². The number of rotatable bonds is 4. The predicted molar refractivity (Wildman–Crippen MR) is 95.8 cm³/mol. The molecule has 1 aliphatic carbocycles. The number of benzene rings is 1. The molecule has 0 saturated heterocycles. The lowest BCUT2D eigenvalue weighted by Crippen LogP contribution is -2.02. The Labute approximate surface area is 145 Å². The second kappa shape index (κ2) is 6.73. The monoisotopic (exact) mass is 331 g/mol. The van der Waals surface area contributed by atoms with Crippen molar-refractivity contribution in [2.24, 2.45) is 0 Å². The molecule has 4 rings (SSSR count). The third-order valence-electron chi connectivity index (χ3n) is 3.97. The standard InChI is InChI=1S/C20H17N3O2/c1-24-15-7-4-8-16(12-15)25-19-11-5-10-18(22-19)20-21-13-14-6-2-3-9-17(14)23-20/h2-3,5-6,8-13H,4,7H2,1H3. The van der Waals surface area contributed by atoms with E-state index in [9.17, 15) is 0 Å². The molecule has 2 aromatic heterocycles. The number of para-hydroxylation sites is 1. The Morgan fingerprint density at radius 3 is 2.84 bits per heavy atom. The lowest BCUT2D eigenvalue weighted by atomic mass is 10.1. The summed E-state index contributed by atoms with van der Waals surface area (Å²) in [6, 6.07) is 13.5. The Morgan fingerprint density at radius 2 is 1.92 bits per heavy atom. The molecule has 124 valence electrons. The SMILES string of the molecule is COC1=CC(Oc2cccc(-c3ncc4ccccc4n3)n2)=CCC1. The number of methoxy groups -OCH3 is 1. The first-order valence-corrected chi connectivity index (χ1v) is 8.13. The number of pyridine rings is 1. The molecule has 0 fully saturated rings. The Kier molecular flexibility index (Phi) is 4.12. The molecule has 0 saturated carbocycles. The summed E-state index contributed by atoms with van der Waals surface area (Å²) in [5.41, 5.74) is 1.57. The number of aromatic nitrogens is 3. The van der Waals surface area contributed by atoms with E-state index in [4.69, 9.17) is 9.47 Å². The van der Waals surface area contributed by atoms with Crippen LogP contribution in [-0.2, 0) is 4.74 Å². The van der Waals surface area contributed by atoms with Gasteiger partial charge < -0.3 is 9.47 Å². The zero-order valence-corrected chi connectivity index (χ0v) is 13.8. The quantitative estimate of drug-likeness (QED) is 0.714. The average Bonchev–Trinajstić information content (AvgIpc) is 2.68. The van der Waals surface area contributed by atoms with E-state index < -0.39 is 0 Å². The van der Waals surface area contributed by atoms with E-state index in [0.29, 0.717) is 17.4 Å². The van der Waals surface area contributed by atoms with Gasteiger partial charge in [0.15, 0.2) is 5.82 Å². The zero-order chi connectivity index (χ0) is 17.1. The maximum Gasteiger partial charge on any atom is 0.219 e. The number of fused-ring (bicyclic) bond motifs is 1. The molecule has 0 N–H and O–H groups in total. The highest BCUT2D eigenvalue weighted by atomic mass is 16.5. The summed E-state index contributed by atoms with van der Waals surface area (Å²) < 4.78 is 11.2. The van der Waals surface area contributed by atoms with E-state index in [1.807, 2.05) is 60.8 Å².